The van der Waals surface area contributed by atoms with Crippen molar-refractivity contribution in [3.63, 3.8) is 0 Å². The summed E-state index contributed by atoms with van der Waals surface area (Å²) in [6, 6.07) is 0. The number of carbonyl (C=O) groups excluding carboxylic acids is 2. The van der Waals surface area contributed by atoms with Crippen LogP contribution in [0.1, 0.15) is 79.6 Å². The third-order valence-electron chi connectivity index (χ3n) is 5.02. The van der Waals surface area contributed by atoms with Crippen LogP contribution < -0.4 is 5.32 Å². The zero-order chi connectivity index (χ0) is 22.7. The topological polar surface area (TPSA) is 111 Å². The smallest absolute Gasteiger partial charge is 0.458 e. The van der Waals surface area contributed by atoms with E-state index in [0.29, 0.717) is 12.5 Å². The fourth-order valence-electron chi connectivity index (χ4n) is 3.83. The third kappa shape index (κ3) is 11.9. The Hall–Kier alpha value is -1.99. The first-order valence-corrected chi connectivity index (χ1v) is 11.0. The Balaban J connectivity index is 2.65. The van der Waals surface area contributed by atoms with Gasteiger partial charge < -0.3 is 24.6 Å². The Kier molecular flexibility index (Phi) is 11.0. The van der Waals surface area contributed by atoms with Crippen LogP contribution >= 0.6 is 0 Å². The average molecular weight is 430 g/mol. The summed E-state index contributed by atoms with van der Waals surface area (Å²) in [6.07, 6.45) is 3.47. The summed E-state index contributed by atoms with van der Waals surface area (Å²) in [5, 5.41) is 11.6. The highest BCUT2D eigenvalue weighted by molar-refractivity contribution is 5.70. The maximum atomic E-state index is 12.6. The molecular formula is C22H39NO7. The third-order valence-corrected chi connectivity index (χ3v) is 5.02. The number of hydrogen-bond acceptors (Lipinski definition) is 6. The predicted octanol–water partition coefficient (Wildman–Crippen LogP) is 4.75. The van der Waals surface area contributed by atoms with Crippen molar-refractivity contribution in [2.45, 2.75) is 91.3 Å². The molecule has 0 aliphatic heterocycles. The second-order valence-electron chi connectivity index (χ2n) is 9.59. The molecule has 1 fully saturated rings. The molecule has 1 amide bonds. The van der Waals surface area contributed by atoms with Crippen molar-refractivity contribution < 1.29 is 33.7 Å². The van der Waals surface area contributed by atoms with Crippen molar-refractivity contribution >= 4 is 18.2 Å². The molecule has 0 aromatic heterocycles. The first-order chi connectivity index (χ1) is 14.0. The number of hydrogen-bond donors (Lipinski definition) is 2. The Labute approximate surface area is 180 Å². The number of rotatable bonds is 10. The highest BCUT2D eigenvalue weighted by Crippen LogP contribution is 2.29. The summed E-state index contributed by atoms with van der Waals surface area (Å²) in [5.74, 6) is -0.0353. The highest BCUT2D eigenvalue weighted by Gasteiger charge is 2.29. The minimum Gasteiger partial charge on any atom is -0.458 e. The predicted molar refractivity (Wildman–Crippen MR) is 112 cm³/mol. The molecule has 8 nitrogen and oxygen atoms in total. The molecule has 0 aromatic rings. The first kappa shape index (κ1) is 26.0. The van der Waals surface area contributed by atoms with Gasteiger partial charge in [-0.3, -0.25) is 4.79 Å². The summed E-state index contributed by atoms with van der Waals surface area (Å²) in [7, 11) is 0. The molecule has 0 bridgehead atoms. The van der Waals surface area contributed by atoms with Crippen LogP contribution in [0.2, 0.25) is 0 Å². The van der Waals surface area contributed by atoms with Crippen molar-refractivity contribution in [3.8, 4) is 0 Å². The monoisotopic (exact) mass is 429 g/mol. The lowest BCUT2D eigenvalue weighted by Gasteiger charge is -2.30. The number of carboxylic acid groups (broad SMARTS) is 1. The molecular weight excluding hydrogens is 390 g/mol. The number of carbonyl (C=O) groups is 3. The first-order valence-electron chi connectivity index (χ1n) is 11.0. The maximum absolute atomic E-state index is 12.6. The quantitative estimate of drug-likeness (QED) is 0.381. The lowest BCUT2D eigenvalue weighted by atomic mass is 9.85. The summed E-state index contributed by atoms with van der Waals surface area (Å²) >= 11 is 0. The van der Waals surface area contributed by atoms with Crippen LogP contribution in [0.5, 0.6) is 0 Å². The average Bonchev–Trinajstić information content (AvgIpc) is 2.62. The molecule has 1 saturated carbocycles. The second-order valence-corrected chi connectivity index (χ2v) is 9.59. The fourth-order valence-corrected chi connectivity index (χ4v) is 3.83. The number of amides is 1. The molecule has 8 heteroatoms. The van der Waals surface area contributed by atoms with Gasteiger partial charge in [0.2, 0.25) is 0 Å². The molecule has 0 aromatic carbocycles. The molecule has 2 atom stereocenters. The van der Waals surface area contributed by atoms with Crippen molar-refractivity contribution in [1.29, 1.82) is 0 Å². The lowest BCUT2D eigenvalue weighted by molar-refractivity contribution is -0.157. The second kappa shape index (κ2) is 12.6. The van der Waals surface area contributed by atoms with Crippen LogP contribution in [0, 0.1) is 17.8 Å². The summed E-state index contributed by atoms with van der Waals surface area (Å²) in [5.41, 5.74) is -0.589. The van der Waals surface area contributed by atoms with Gasteiger partial charge in [0.25, 0.3) is 0 Å². The van der Waals surface area contributed by atoms with Crippen molar-refractivity contribution in [2.24, 2.45) is 17.8 Å². The van der Waals surface area contributed by atoms with Gasteiger partial charge in [-0.25, -0.2) is 9.59 Å². The van der Waals surface area contributed by atoms with Gasteiger partial charge in [-0.05, 0) is 57.8 Å². The molecule has 30 heavy (non-hydrogen) atoms. The molecule has 2 unspecified atom stereocenters. The Bertz CT molecular complexity index is 550. The summed E-state index contributed by atoms with van der Waals surface area (Å²) in [6.45, 7) is 9.65. The van der Waals surface area contributed by atoms with E-state index in [0.717, 1.165) is 38.5 Å². The minimum absolute atomic E-state index is 0.0996. The summed E-state index contributed by atoms with van der Waals surface area (Å²) < 4.78 is 15.6. The van der Waals surface area contributed by atoms with Gasteiger partial charge in [0.05, 0.1) is 6.42 Å². The van der Waals surface area contributed by atoms with E-state index >= 15 is 0 Å². The van der Waals surface area contributed by atoms with E-state index < -0.39 is 29.9 Å². The standard InChI is InChI=1S/C22H39NO7/c1-15(2)11-16(13-23-20(25)30-22(3,4)5)12-19(24)29-18(14-28-21(26)27)17-9-7-6-8-10-17/h15-18H,6-14H2,1-5H3,(H,23,25)(H,26,27). The van der Waals surface area contributed by atoms with E-state index in [2.05, 4.69) is 19.2 Å². The van der Waals surface area contributed by atoms with E-state index in [1.165, 1.54) is 0 Å². The van der Waals surface area contributed by atoms with Gasteiger partial charge in [-0.15, -0.1) is 0 Å². The van der Waals surface area contributed by atoms with E-state index in [1.807, 2.05) is 0 Å². The number of esters is 1. The Morgan fingerprint density at radius 3 is 2.27 bits per heavy atom. The van der Waals surface area contributed by atoms with Crippen LogP contribution in [-0.2, 0) is 19.0 Å². The molecule has 2 N–H and O–H groups in total. The van der Waals surface area contributed by atoms with Crippen LogP contribution in [-0.4, -0.2) is 48.2 Å². The maximum Gasteiger partial charge on any atom is 0.505 e. The van der Waals surface area contributed by atoms with Gasteiger partial charge in [0, 0.05) is 6.54 Å². The van der Waals surface area contributed by atoms with Crippen LogP contribution in [0.15, 0.2) is 0 Å². The zero-order valence-corrected chi connectivity index (χ0v) is 19.1. The van der Waals surface area contributed by atoms with E-state index in [4.69, 9.17) is 19.3 Å². The van der Waals surface area contributed by atoms with E-state index in [-0.39, 0.29) is 24.9 Å². The molecule has 1 aliphatic carbocycles. The number of nitrogens with one attached hydrogen (secondary N) is 1. The van der Waals surface area contributed by atoms with Crippen molar-refractivity contribution in [2.75, 3.05) is 13.2 Å². The van der Waals surface area contributed by atoms with Gasteiger partial charge >= 0.3 is 18.2 Å². The van der Waals surface area contributed by atoms with E-state index in [1.54, 1.807) is 20.8 Å². The van der Waals surface area contributed by atoms with Gasteiger partial charge in [-0.2, -0.15) is 0 Å². The lowest BCUT2D eigenvalue weighted by Crippen LogP contribution is -2.37. The molecule has 0 spiro atoms. The molecule has 174 valence electrons. The minimum atomic E-state index is -1.37. The van der Waals surface area contributed by atoms with Crippen LogP contribution in [0.3, 0.4) is 0 Å². The Morgan fingerprint density at radius 1 is 1.10 bits per heavy atom. The molecule has 1 rings (SSSR count). The van der Waals surface area contributed by atoms with Crippen molar-refractivity contribution in [3.05, 3.63) is 0 Å². The SMILES string of the molecule is CC(C)CC(CNC(=O)OC(C)(C)C)CC(=O)OC(COC(=O)O)C1CCCCC1. The van der Waals surface area contributed by atoms with Crippen LogP contribution in [0.25, 0.3) is 0 Å². The normalized spacial score (nSPS) is 17.1. The highest BCUT2D eigenvalue weighted by atomic mass is 16.7. The molecule has 0 radical (unpaired) electrons. The molecule has 0 saturated heterocycles. The molecule has 0 heterocycles. The fraction of sp³-hybridized carbons (Fsp3) is 0.864. The van der Waals surface area contributed by atoms with Gasteiger partial charge in [0.1, 0.15) is 18.3 Å². The number of alkyl carbamates (subject to hydrolysis) is 1. The van der Waals surface area contributed by atoms with Gasteiger partial charge in [0.15, 0.2) is 0 Å². The zero-order valence-electron chi connectivity index (χ0n) is 19.1. The van der Waals surface area contributed by atoms with E-state index in [9.17, 15) is 14.4 Å². The molecule has 1 aliphatic rings. The largest absolute Gasteiger partial charge is 0.505 e. The number of ether oxygens (including phenoxy) is 3. The Morgan fingerprint density at radius 2 is 1.73 bits per heavy atom. The summed E-state index contributed by atoms with van der Waals surface area (Å²) in [4.78, 5) is 35.4. The van der Waals surface area contributed by atoms with Crippen molar-refractivity contribution in [1.82, 2.24) is 5.32 Å². The van der Waals surface area contributed by atoms with Gasteiger partial charge in [-0.1, -0.05) is 33.1 Å². The van der Waals surface area contributed by atoms with Crippen LogP contribution in [0.4, 0.5) is 9.59 Å².